The molecule has 204 valence electrons. The molecule has 2 aliphatic carbocycles. The van der Waals surface area contributed by atoms with E-state index in [-0.39, 0.29) is 41.6 Å². The first kappa shape index (κ1) is 25.3. The standard InChI is InChI=1S/C34H28N2O5/c1-19-9-11-20(12-10-19)29(37)18-41-34(40)26-17-28(35-27-8-3-2-7-25(26)27)21-5-4-6-24(16-21)36-32(38)30-22-13-14-23(15-22)31(30)33(36)39/h2-12,16-17,22-23,30-31H,13-15,18H2,1H3/t22-,23-,30+,31+/m0/s1. The molecule has 0 radical (unpaired) electrons. The number of esters is 1. The molecule has 4 aromatic rings. The number of nitrogens with zero attached hydrogens (tertiary/aromatic N) is 2. The van der Waals surface area contributed by atoms with Gasteiger partial charge in [-0.1, -0.05) is 60.2 Å². The molecule has 4 atom stereocenters. The van der Waals surface area contributed by atoms with Crippen LogP contribution >= 0.6 is 0 Å². The van der Waals surface area contributed by atoms with E-state index in [0.717, 1.165) is 24.8 Å². The van der Waals surface area contributed by atoms with Crippen LogP contribution in [0.3, 0.4) is 0 Å². The molecule has 3 fully saturated rings. The smallest absolute Gasteiger partial charge is 0.339 e. The fraction of sp³-hybridized carbons (Fsp3) is 0.265. The first-order valence-electron chi connectivity index (χ1n) is 14.0. The van der Waals surface area contributed by atoms with Crippen molar-refractivity contribution in [3.8, 4) is 11.3 Å². The maximum absolute atomic E-state index is 13.4. The van der Waals surface area contributed by atoms with E-state index in [9.17, 15) is 19.2 Å². The first-order valence-corrected chi connectivity index (χ1v) is 14.0. The average molecular weight is 545 g/mol. The Bertz CT molecular complexity index is 1720. The molecule has 0 spiro atoms. The van der Waals surface area contributed by atoms with E-state index < -0.39 is 5.97 Å². The van der Waals surface area contributed by atoms with Gasteiger partial charge in [0.2, 0.25) is 11.8 Å². The van der Waals surface area contributed by atoms with Gasteiger partial charge in [0.05, 0.1) is 34.3 Å². The molecule has 1 aromatic heterocycles. The second-order valence-corrected chi connectivity index (χ2v) is 11.4. The molecule has 2 bridgehead atoms. The molecule has 7 nitrogen and oxygen atoms in total. The molecule has 2 saturated carbocycles. The highest BCUT2D eigenvalue weighted by atomic mass is 16.5. The second-order valence-electron chi connectivity index (χ2n) is 11.4. The van der Waals surface area contributed by atoms with Crippen molar-refractivity contribution in [2.75, 3.05) is 11.5 Å². The van der Waals surface area contributed by atoms with Crippen LogP contribution in [0.1, 0.15) is 45.5 Å². The number of benzene rings is 3. The third-order valence-corrected chi connectivity index (χ3v) is 8.97. The van der Waals surface area contributed by atoms with Crippen LogP contribution < -0.4 is 4.90 Å². The fourth-order valence-electron chi connectivity index (χ4n) is 6.99. The number of hydrogen-bond acceptors (Lipinski definition) is 6. The van der Waals surface area contributed by atoms with Gasteiger partial charge in [0.25, 0.3) is 0 Å². The van der Waals surface area contributed by atoms with Crippen molar-refractivity contribution in [2.45, 2.75) is 26.2 Å². The van der Waals surface area contributed by atoms with Crippen molar-refractivity contribution in [2.24, 2.45) is 23.7 Å². The number of imide groups is 1. The van der Waals surface area contributed by atoms with Crippen molar-refractivity contribution in [1.82, 2.24) is 4.98 Å². The predicted molar refractivity (Wildman–Crippen MR) is 153 cm³/mol. The molecular weight excluding hydrogens is 516 g/mol. The number of fused-ring (bicyclic) bond motifs is 6. The summed E-state index contributed by atoms with van der Waals surface area (Å²) in [6, 6.07) is 23.2. The van der Waals surface area contributed by atoms with Crippen LogP contribution in [0.5, 0.6) is 0 Å². The Hall–Kier alpha value is -4.65. The Balaban J connectivity index is 1.19. The molecule has 7 heteroatoms. The van der Waals surface area contributed by atoms with E-state index in [4.69, 9.17) is 9.72 Å². The molecule has 2 amide bonds. The number of rotatable bonds is 6. The molecule has 0 unspecified atom stereocenters. The van der Waals surface area contributed by atoms with Crippen molar-refractivity contribution in [3.63, 3.8) is 0 Å². The summed E-state index contributed by atoms with van der Waals surface area (Å²) in [6.45, 7) is 1.55. The minimum atomic E-state index is -0.630. The topological polar surface area (TPSA) is 93.6 Å². The van der Waals surface area contributed by atoms with Crippen molar-refractivity contribution >= 4 is 40.2 Å². The maximum Gasteiger partial charge on any atom is 0.339 e. The van der Waals surface area contributed by atoms with E-state index in [1.54, 1.807) is 48.5 Å². The summed E-state index contributed by atoms with van der Waals surface area (Å²) in [5.41, 5.74) is 4.07. The number of ketones is 1. The maximum atomic E-state index is 13.4. The van der Waals surface area contributed by atoms with Gasteiger partial charge in [-0.25, -0.2) is 9.78 Å². The van der Waals surface area contributed by atoms with Gasteiger partial charge in [-0.15, -0.1) is 0 Å². The third kappa shape index (κ3) is 4.24. The minimum Gasteiger partial charge on any atom is -0.454 e. The Morgan fingerprint density at radius 2 is 1.59 bits per heavy atom. The molecule has 41 heavy (non-hydrogen) atoms. The van der Waals surface area contributed by atoms with Gasteiger partial charge in [-0.2, -0.15) is 0 Å². The SMILES string of the molecule is Cc1ccc(C(=O)COC(=O)c2cc(-c3cccc(N4C(=O)[C@@H]5[C@H]6CC[C@@H](C6)[C@H]5C4=O)c3)nc3ccccc23)cc1. The lowest BCUT2D eigenvalue weighted by atomic mass is 9.81. The minimum absolute atomic E-state index is 0.0988. The highest BCUT2D eigenvalue weighted by Gasteiger charge is 2.61. The Morgan fingerprint density at radius 1 is 0.878 bits per heavy atom. The van der Waals surface area contributed by atoms with Gasteiger partial charge in [0.15, 0.2) is 12.4 Å². The van der Waals surface area contributed by atoms with Gasteiger partial charge in [0, 0.05) is 16.5 Å². The summed E-state index contributed by atoms with van der Waals surface area (Å²) >= 11 is 0. The summed E-state index contributed by atoms with van der Waals surface area (Å²) < 4.78 is 5.46. The summed E-state index contributed by atoms with van der Waals surface area (Å²) in [4.78, 5) is 58.8. The van der Waals surface area contributed by atoms with Crippen LogP contribution in [0.2, 0.25) is 0 Å². The van der Waals surface area contributed by atoms with Gasteiger partial charge in [0.1, 0.15) is 0 Å². The van der Waals surface area contributed by atoms with E-state index in [2.05, 4.69) is 0 Å². The summed E-state index contributed by atoms with van der Waals surface area (Å²) in [5.74, 6) is -0.902. The summed E-state index contributed by atoms with van der Waals surface area (Å²) in [6.07, 6.45) is 3.03. The monoisotopic (exact) mass is 544 g/mol. The van der Waals surface area contributed by atoms with Gasteiger partial charge >= 0.3 is 5.97 Å². The van der Waals surface area contributed by atoms with E-state index in [1.165, 1.54) is 4.90 Å². The number of Topliss-reactive ketones (excluding diaryl/α,β-unsaturated/α-hetero) is 1. The number of aryl methyl sites for hydroxylation is 1. The lowest BCUT2D eigenvalue weighted by Crippen LogP contribution is -2.32. The van der Waals surface area contributed by atoms with Crippen molar-refractivity contribution < 1.29 is 23.9 Å². The predicted octanol–water partition coefficient (Wildman–Crippen LogP) is 5.79. The van der Waals surface area contributed by atoms with Crippen LogP contribution in [0, 0.1) is 30.6 Å². The van der Waals surface area contributed by atoms with E-state index in [1.807, 2.05) is 37.3 Å². The van der Waals surface area contributed by atoms with E-state index >= 15 is 0 Å². The van der Waals surface area contributed by atoms with Crippen LogP contribution in [-0.2, 0) is 14.3 Å². The number of aromatic nitrogens is 1. The quantitative estimate of drug-likeness (QED) is 0.173. The molecule has 7 rings (SSSR count). The number of amides is 2. The Labute approximate surface area is 237 Å². The van der Waals surface area contributed by atoms with Gasteiger partial charge < -0.3 is 4.74 Å². The van der Waals surface area contributed by atoms with Gasteiger partial charge in [-0.05, 0) is 62.3 Å². The highest BCUT2D eigenvalue weighted by Crippen LogP contribution is 2.56. The highest BCUT2D eigenvalue weighted by molar-refractivity contribution is 6.22. The lowest BCUT2D eigenvalue weighted by molar-refractivity contribution is -0.123. The Morgan fingerprint density at radius 3 is 2.32 bits per heavy atom. The van der Waals surface area contributed by atoms with Crippen molar-refractivity contribution in [1.29, 1.82) is 0 Å². The molecular formula is C34H28N2O5. The molecule has 0 N–H and O–H groups in total. The third-order valence-electron chi connectivity index (χ3n) is 8.97. The second kappa shape index (κ2) is 9.77. The van der Waals surface area contributed by atoms with Crippen LogP contribution in [-0.4, -0.2) is 35.2 Å². The molecule has 1 saturated heterocycles. The van der Waals surface area contributed by atoms with Crippen LogP contribution in [0.25, 0.3) is 22.2 Å². The molecule has 3 aliphatic rings. The molecule has 1 aliphatic heterocycles. The number of hydrogen-bond donors (Lipinski definition) is 0. The van der Waals surface area contributed by atoms with Crippen LogP contribution in [0.4, 0.5) is 5.69 Å². The normalized spacial score (nSPS) is 22.8. The number of pyridine rings is 1. The zero-order chi connectivity index (χ0) is 28.2. The largest absolute Gasteiger partial charge is 0.454 e. The number of anilines is 1. The number of carbonyl (C=O) groups excluding carboxylic acids is 4. The lowest BCUT2D eigenvalue weighted by Gasteiger charge is -2.19. The fourth-order valence-corrected chi connectivity index (χ4v) is 6.99. The average Bonchev–Trinajstić information content (AvgIpc) is 3.69. The van der Waals surface area contributed by atoms with Crippen molar-refractivity contribution in [3.05, 3.63) is 95.6 Å². The first-order chi connectivity index (χ1) is 19.9. The van der Waals surface area contributed by atoms with E-state index in [0.29, 0.717) is 45.2 Å². The Kier molecular flexibility index (Phi) is 6.03. The summed E-state index contributed by atoms with van der Waals surface area (Å²) in [5, 5.41) is 0.605. The van der Waals surface area contributed by atoms with Crippen LogP contribution in [0.15, 0.2) is 78.9 Å². The molecule has 3 aromatic carbocycles. The summed E-state index contributed by atoms with van der Waals surface area (Å²) in [7, 11) is 0. The zero-order valence-electron chi connectivity index (χ0n) is 22.6. The number of carbonyl (C=O) groups is 4. The zero-order valence-corrected chi connectivity index (χ0v) is 22.6. The number of ether oxygens (including phenoxy) is 1. The van der Waals surface area contributed by atoms with Gasteiger partial charge in [-0.3, -0.25) is 19.3 Å². The molecule has 2 heterocycles. The number of para-hydroxylation sites is 1.